The van der Waals surface area contributed by atoms with Crippen LogP contribution in [0.15, 0.2) is 54.7 Å². The van der Waals surface area contributed by atoms with Crippen LogP contribution in [0.5, 0.6) is 0 Å². The molecular formula is C25H31N3O2. The Hall–Kier alpha value is -2.69. The largest absolute Gasteiger partial charge is 0.335 e. The van der Waals surface area contributed by atoms with Crippen LogP contribution in [-0.2, 0) is 16.0 Å². The maximum atomic E-state index is 13.7. The van der Waals surface area contributed by atoms with E-state index in [0.29, 0.717) is 0 Å². The van der Waals surface area contributed by atoms with Gasteiger partial charge in [-0.25, -0.2) is 0 Å². The van der Waals surface area contributed by atoms with Crippen LogP contribution >= 0.6 is 0 Å². The monoisotopic (exact) mass is 405 g/mol. The summed E-state index contributed by atoms with van der Waals surface area (Å²) in [5.41, 5.74) is 1.58. The molecule has 0 saturated carbocycles. The molecule has 158 valence electrons. The van der Waals surface area contributed by atoms with Gasteiger partial charge in [0.05, 0.1) is 24.0 Å². The molecule has 2 aliphatic heterocycles. The number of carbonyl (C=O) groups is 2. The number of benzene rings is 1. The lowest BCUT2D eigenvalue weighted by atomic mass is 9.83. The van der Waals surface area contributed by atoms with Crippen molar-refractivity contribution in [1.29, 1.82) is 0 Å². The molecule has 2 saturated heterocycles. The molecule has 2 amide bonds. The third-order valence-corrected chi connectivity index (χ3v) is 6.88. The predicted octanol–water partition coefficient (Wildman–Crippen LogP) is 4.15. The molecule has 0 bridgehead atoms. The van der Waals surface area contributed by atoms with Crippen LogP contribution in [0.4, 0.5) is 0 Å². The summed E-state index contributed by atoms with van der Waals surface area (Å²) in [6.45, 7) is 4.63. The number of pyridine rings is 1. The van der Waals surface area contributed by atoms with Crippen molar-refractivity contribution in [3.05, 3.63) is 66.0 Å². The van der Waals surface area contributed by atoms with E-state index in [9.17, 15) is 9.59 Å². The Bertz CT molecular complexity index is 886. The Morgan fingerprint density at radius 1 is 1.07 bits per heavy atom. The van der Waals surface area contributed by atoms with E-state index >= 15 is 0 Å². The second-order valence-corrected chi connectivity index (χ2v) is 8.82. The van der Waals surface area contributed by atoms with Crippen LogP contribution in [0, 0.1) is 0 Å². The first kappa shape index (κ1) is 20.6. The number of amides is 2. The second-order valence-electron chi connectivity index (χ2n) is 8.82. The van der Waals surface area contributed by atoms with E-state index in [-0.39, 0.29) is 35.9 Å². The van der Waals surface area contributed by atoms with Crippen molar-refractivity contribution in [1.82, 2.24) is 14.8 Å². The molecule has 0 N–H and O–H groups in total. The molecule has 0 spiro atoms. The molecule has 1 aromatic carbocycles. The zero-order valence-corrected chi connectivity index (χ0v) is 18.0. The van der Waals surface area contributed by atoms with E-state index in [4.69, 9.17) is 0 Å². The van der Waals surface area contributed by atoms with Gasteiger partial charge in [-0.05, 0) is 43.9 Å². The molecule has 30 heavy (non-hydrogen) atoms. The van der Waals surface area contributed by atoms with Gasteiger partial charge in [-0.15, -0.1) is 0 Å². The van der Waals surface area contributed by atoms with Gasteiger partial charge in [0.25, 0.3) is 0 Å². The first-order valence-corrected chi connectivity index (χ1v) is 11.0. The van der Waals surface area contributed by atoms with E-state index in [1.807, 2.05) is 41.3 Å². The molecule has 1 aromatic heterocycles. The molecule has 5 heteroatoms. The molecule has 0 radical (unpaired) electrons. The Labute approximate surface area is 179 Å². The van der Waals surface area contributed by atoms with E-state index in [2.05, 4.69) is 28.9 Å². The third-order valence-electron chi connectivity index (χ3n) is 6.88. The number of hydrogen-bond acceptors (Lipinski definition) is 3. The Balaban J connectivity index is 1.74. The van der Waals surface area contributed by atoms with Gasteiger partial charge in [0.1, 0.15) is 0 Å². The van der Waals surface area contributed by atoms with E-state index in [0.717, 1.165) is 49.9 Å². The number of nitrogens with zero attached hydrogens (tertiary/aromatic N) is 3. The highest BCUT2D eigenvalue weighted by Gasteiger charge is 2.54. The van der Waals surface area contributed by atoms with Crippen LogP contribution in [0.2, 0.25) is 0 Å². The van der Waals surface area contributed by atoms with Gasteiger partial charge < -0.3 is 9.80 Å². The quantitative estimate of drug-likeness (QED) is 0.771. The van der Waals surface area contributed by atoms with Crippen molar-refractivity contribution in [2.24, 2.45) is 0 Å². The summed E-state index contributed by atoms with van der Waals surface area (Å²) in [4.78, 5) is 34.8. The van der Waals surface area contributed by atoms with Crippen molar-refractivity contribution in [2.75, 3.05) is 6.54 Å². The summed E-state index contributed by atoms with van der Waals surface area (Å²) >= 11 is 0. The maximum Gasteiger partial charge on any atom is 0.229 e. The van der Waals surface area contributed by atoms with Crippen molar-refractivity contribution in [3.8, 4) is 0 Å². The van der Waals surface area contributed by atoms with Gasteiger partial charge in [0, 0.05) is 25.4 Å². The maximum absolute atomic E-state index is 13.7. The molecular weight excluding hydrogens is 374 g/mol. The van der Waals surface area contributed by atoms with Gasteiger partial charge in [-0.1, -0.05) is 49.2 Å². The number of hydrogen-bond donors (Lipinski definition) is 0. The minimum atomic E-state index is -0.355. The second kappa shape index (κ2) is 8.58. The van der Waals surface area contributed by atoms with Crippen LogP contribution < -0.4 is 0 Å². The summed E-state index contributed by atoms with van der Waals surface area (Å²) in [6.07, 6.45) is 6.93. The van der Waals surface area contributed by atoms with Gasteiger partial charge >= 0.3 is 0 Å². The summed E-state index contributed by atoms with van der Waals surface area (Å²) in [5, 5.41) is 0. The van der Waals surface area contributed by atoms with Gasteiger partial charge in [0.15, 0.2) is 0 Å². The van der Waals surface area contributed by atoms with Gasteiger partial charge in [-0.3, -0.25) is 14.6 Å². The normalized spacial score (nSPS) is 26.6. The predicted molar refractivity (Wildman–Crippen MR) is 117 cm³/mol. The third kappa shape index (κ3) is 3.85. The number of carbonyl (C=O) groups excluding carboxylic acids is 2. The minimum Gasteiger partial charge on any atom is -0.335 e. The smallest absolute Gasteiger partial charge is 0.229 e. The number of fused-ring (bicyclic) bond motifs is 1. The average Bonchev–Trinajstić information content (AvgIpc) is 3.02. The van der Waals surface area contributed by atoms with Crippen LogP contribution in [0.1, 0.15) is 63.3 Å². The Morgan fingerprint density at radius 3 is 2.53 bits per heavy atom. The van der Waals surface area contributed by atoms with Crippen molar-refractivity contribution < 1.29 is 9.59 Å². The summed E-state index contributed by atoms with van der Waals surface area (Å²) in [7, 11) is 0. The zero-order chi connectivity index (χ0) is 21.1. The summed E-state index contributed by atoms with van der Waals surface area (Å²) < 4.78 is 0. The van der Waals surface area contributed by atoms with Crippen molar-refractivity contribution in [3.63, 3.8) is 0 Å². The molecule has 3 heterocycles. The first-order chi connectivity index (χ1) is 14.5. The molecule has 5 nitrogen and oxygen atoms in total. The lowest BCUT2D eigenvalue weighted by molar-refractivity contribution is -0.141. The Morgan fingerprint density at radius 2 is 1.83 bits per heavy atom. The molecule has 2 aromatic rings. The SMILES string of the molecule is CC(=O)N1CCCCC[C@@H]2N(C(=O)Cc3ccccn3)[C@H](c3ccccc3)C[C@@]21C. The standard InChI is InChI=1S/C25H31N3O2/c1-19(29)27-16-10-4-7-14-23-25(27,2)18-22(20-11-5-3-6-12-20)28(23)24(30)17-21-13-8-9-15-26-21/h3,5-6,8-9,11-13,15,22-23H,4,7,10,14,16-18H2,1-2H3/t22-,23-,25-/m0/s1. The topological polar surface area (TPSA) is 53.5 Å². The molecule has 0 aliphatic carbocycles. The molecule has 3 atom stereocenters. The summed E-state index contributed by atoms with van der Waals surface area (Å²) in [6, 6.07) is 16.0. The average molecular weight is 406 g/mol. The highest BCUT2D eigenvalue weighted by atomic mass is 16.2. The fraction of sp³-hybridized carbons (Fsp3) is 0.480. The minimum absolute atomic E-state index is 0.0168. The highest BCUT2D eigenvalue weighted by molar-refractivity contribution is 5.81. The van der Waals surface area contributed by atoms with Crippen LogP contribution in [-0.4, -0.2) is 44.7 Å². The highest BCUT2D eigenvalue weighted by Crippen LogP contribution is 2.48. The van der Waals surface area contributed by atoms with Crippen LogP contribution in [0.3, 0.4) is 0 Å². The lowest BCUT2D eigenvalue weighted by Crippen LogP contribution is -2.58. The number of aromatic nitrogens is 1. The molecule has 0 unspecified atom stereocenters. The fourth-order valence-corrected chi connectivity index (χ4v) is 5.49. The van der Waals surface area contributed by atoms with Gasteiger partial charge in [0.2, 0.25) is 11.8 Å². The number of rotatable bonds is 3. The van der Waals surface area contributed by atoms with E-state index in [1.54, 1.807) is 13.1 Å². The molecule has 4 rings (SSSR count). The van der Waals surface area contributed by atoms with Crippen molar-refractivity contribution >= 4 is 11.8 Å². The first-order valence-electron chi connectivity index (χ1n) is 11.0. The fourth-order valence-electron chi connectivity index (χ4n) is 5.49. The lowest BCUT2D eigenvalue weighted by Gasteiger charge is -2.45. The Kier molecular flexibility index (Phi) is 5.89. The summed E-state index contributed by atoms with van der Waals surface area (Å²) in [5.74, 6) is 0.204. The van der Waals surface area contributed by atoms with Crippen LogP contribution in [0.25, 0.3) is 0 Å². The van der Waals surface area contributed by atoms with E-state index < -0.39 is 0 Å². The molecule has 2 aliphatic rings. The zero-order valence-electron chi connectivity index (χ0n) is 18.0. The van der Waals surface area contributed by atoms with Gasteiger partial charge in [-0.2, -0.15) is 0 Å². The van der Waals surface area contributed by atoms with E-state index in [1.165, 1.54) is 0 Å². The van der Waals surface area contributed by atoms with Crippen molar-refractivity contribution in [2.45, 2.75) is 70.0 Å². The molecule has 2 fully saturated rings. The number of likely N-dealkylation sites (tertiary alicyclic amines) is 2.